The first-order valence-electron chi connectivity index (χ1n) is 5.69. The van der Waals surface area contributed by atoms with Crippen LogP contribution in [-0.2, 0) is 4.79 Å². The molecule has 0 aliphatic heterocycles. The number of carbonyl (C=O) groups excluding carboxylic acids is 1. The van der Waals surface area contributed by atoms with Gasteiger partial charge in [0.1, 0.15) is 0 Å². The standard InChI is InChI=1S/C14H18O/c1-4-12-13(15)9-11(3)14(12)7-5-10(2)6-8-14/h4-5,7,9-10H,6,8H2,1-3H3/b12-4-. The molecule has 0 heterocycles. The van der Waals surface area contributed by atoms with Crippen molar-refractivity contribution >= 4 is 5.78 Å². The summed E-state index contributed by atoms with van der Waals surface area (Å²) < 4.78 is 0. The van der Waals surface area contributed by atoms with E-state index in [1.807, 2.05) is 13.0 Å². The lowest BCUT2D eigenvalue weighted by Gasteiger charge is -2.33. The lowest BCUT2D eigenvalue weighted by atomic mass is 9.69. The van der Waals surface area contributed by atoms with Crippen LogP contribution in [0.25, 0.3) is 0 Å². The monoisotopic (exact) mass is 202 g/mol. The second-order valence-corrected chi connectivity index (χ2v) is 4.74. The predicted octanol–water partition coefficient (Wildman–Crippen LogP) is 3.43. The van der Waals surface area contributed by atoms with Crippen LogP contribution in [0.1, 0.15) is 33.6 Å². The Hall–Kier alpha value is -1.11. The van der Waals surface area contributed by atoms with Crippen molar-refractivity contribution in [1.29, 1.82) is 0 Å². The normalized spacial score (nSPS) is 37.8. The molecule has 0 fully saturated rings. The van der Waals surface area contributed by atoms with Crippen molar-refractivity contribution in [2.45, 2.75) is 33.6 Å². The molecule has 2 aliphatic carbocycles. The molecule has 15 heavy (non-hydrogen) atoms. The van der Waals surface area contributed by atoms with Gasteiger partial charge in [-0.25, -0.2) is 0 Å². The molecular formula is C14H18O. The molecule has 2 atom stereocenters. The van der Waals surface area contributed by atoms with Crippen molar-refractivity contribution in [3.8, 4) is 0 Å². The van der Waals surface area contributed by atoms with E-state index in [0.29, 0.717) is 5.92 Å². The lowest BCUT2D eigenvalue weighted by molar-refractivity contribution is -0.111. The summed E-state index contributed by atoms with van der Waals surface area (Å²) in [5.74, 6) is 0.853. The summed E-state index contributed by atoms with van der Waals surface area (Å²) in [6, 6.07) is 0. The Morgan fingerprint density at radius 3 is 2.80 bits per heavy atom. The van der Waals surface area contributed by atoms with Gasteiger partial charge in [-0.05, 0) is 38.7 Å². The summed E-state index contributed by atoms with van der Waals surface area (Å²) in [7, 11) is 0. The lowest BCUT2D eigenvalue weighted by Crippen LogP contribution is -2.24. The Balaban J connectivity index is 2.47. The van der Waals surface area contributed by atoms with Crippen LogP contribution in [-0.4, -0.2) is 5.78 Å². The molecule has 0 aromatic carbocycles. The summed E-state index contributed by atoms with van der Waals surface area (Å²) in [5.41, 5.74) is 2.13. The van der Waals surface area contributed by atoms with Crippen LogP contribution >= 0.6 is 0 Å². The van der Waals surface area contributed by atoms with Gasteiger partial charge in [-0.2, -0.15) is 0 Å². The molecule has 2 rings (SSSR count). The van der Waals surface area contributed by atoms with Crippen LogP contribution in [0.5, 0.6) is 0 Å². The average molecular weight is 202 g/mol. The van der Waals surface area contributed by atoms with E-state index in [4.69, 9.17) is 0 Å². The van der Waals surface area contributed by atoms with Gasteiger partial charge in [0.2, 0.25) is 0 Å². The molecule has 1 nitrogen and oxygen atoms in total. The maximum atomic E-state index is 11.8. The third kappa shape index (κ3) is 1.41. The molecule has 1 spiro atoms. The molecule has 0 amide bonds. The summed E-state index contributed by atoms with van der Waals surface area (Å²) in [6.45, 7) is 6.27. The molecule has 1 heteroatoms. The maximum absolute atomic E-state index is 11.8. The third-order valence-electron chi connectivity index (χ3n) is 3.79. The molecule has 80 valence electrons. The van der Waals surface area contributed by atoms with E-state index < -0.39 is 0 Å². The molecule has 2 unspecified atom stereocenters. The molecule has 0 saturated carbocycles. The second kappa shape index (κ2) is 3.48. The quantitative estimate of drug-likeness (QED) is 0.434. The molecule has 0 bridgehead atoms. The van der Waals surface area contributed by atoms with Gasteiger partial charge in [-0.1, -0.05) is 30.7 Å². The van der Waals surface area contributed by atoms with Crippen molar-refractivity contribution in [1.82, 2.24) is 0 Å². The minimum Gasteiger partial charge on any atom is -0.290 e. The Morgan fingerprint density at radius 2 is 2.27 bits per heavy atom. The minimum atomic E-state index is -0.0572. The Kier molecular flexibility index (Phi) is 2.41. The van der Waals surface area contributed by atoms with Crippen LogP contribution in [0.4, 0.5) is 0 Å². The Morgan fingerprint density at radius 1 is 1.53 bits per heavy atom. The molecule has 2 aliphatic rings. The highest BCUT2D eigenvalue weighted by Gasteiger charge is 2.42. The van der Waals surface area contributed by atoms with E-state index in [-0.39, 0.29) is 11.2 Å². The fourth-order valence-corrected chi connectivity index (χ4v) is 2.75. The number of carbonyl (C=O) groups is 1. The van der Waals surface area contributed by atoms with Crippen molar-refractivity contribution in [3.63, 3.8) is 0 Å². The van der Waals surface area contributed by atoms with Gasteiger partial charge in [-0.3, -0.25) is 4.79 Å². The van der Waals surface area contributed by atoms with Gasteiger partial charge < -0.3 is 0 Å². The highest BCUT2D eigenvalue weighted by Crippen LogP contribution is 2.49. The molecule has 0 saturated heterocycles. The van der Waals surface area contributed by atoms with Gasteiger partial charge in [0.05, 0.1) is 0 Å². The zero-order chi connectivity index (χ0) is 11.1. The fraction of sp³-hybridized carbons (Fsp3) is 0.500. The van der Waals surface area contributed by atoms with Crippen LogP contribution in [0.2, 0.25) is 0 Å². The smallest absolute Gasteiger partial charge is 0.182 e. The van der Waals surface area contributed by atoms with Crippen LogP contribution < -0.4 is 0 Å². The highest BCUT2D eigenvalue weighted by atomic mass is 16.1. The van der Waals surface area contributed by atoms with Gasteiger partial charge in [0.25, 0.3) is 0 Å². The Labute approximate surface area is 91.6 Å². The van der Waals surface area contributed by atoms with Gasteiger partial charge in [0, 0.05) is 11.0 Å². The summed E-state index contributed by atoms with van der Waals surface area (Å²) in [5, 5.41) is 0. The number of allylic oxidation sites excluding steroid dienone is 6. The van der Waals surface area contributed by atoms with Crippen LogP contribution in [0.3, 0.4) is 0 Å². The largest absolute Gasteiger partial charge is 0.290 e. The predicted molar refractivity (Wildman–Crippen MR) is 62.5 cm³/mol. The van der Waals surface area contributed by atoms with Crippen molar-refractivity contribution in [3.05, 3.63) is 35.5 Å². The molecule has 0 aromatic rings. The highest BCUT2D eigenvalue weighted by molar-refractivity contribution is 6.09. The van der Waals surface area contributed by atoms with E-state index in [1.165, 1.54) is 12.0 Å². The minimum absolute atomic E-state index is 0.0572. The first-order chi connectivity index (χ1) is 7.10. The third-order valence-corrected chi connectivity index (χ3v) is 3.79. The molecular weight excluding hydrogens is 184 g/mol. The Bertz CT molecular complexity index is 384. The van der Waals surface area contributed by atoms with E-state index >= 15 is 0 Å². The number of hydrogen-bond donors (Lipinski definition) is 0. The number of rotatable bonds is 0. The molecule has 0 aromatic heterocycles. The number of hydrogen-bond acceptors (Lipinski definition) is 1. The second-order valence-electron chi connectivity index (χ2n) is 4.74. The van der Waals surface area contributed by atoms with Gasteiger partial charge in [0.15, 0.2) is 5.78 Å². The maximum Gasteiger partial charge on any atom is 0.182 e. The first-order valence-corrected chi connectivity index (χ1v) is 5.69. The first kappa shape index (κ1) is 10.4. The van der Waals surface area contributed by atoms with Gasteiger partial charge >= 0.3 is 0 Å². The zero-order valence-corrected chi connectivity index (χ0v) is 9.71. The van der Waals surface area contributed by atoms with Crippen LogP contribution in [0, 0.1) is 11.3 Å². The van der Waals surface area contributed by atoms with E-state index in [9.17, 15) is 4.79 Å². The van der Waals surface area contributed by atoms with Crippen molar-refractivity contribution in [2.75, 3.05) is 0 Å². The summed E-state index contributed by atoms with van der Waals surface area (Å²) in [4.78, 5) is 11.8. The zero-order valence-electron chi connectivity index (χ0n) is 9.71. The number of ketones is 1. The van der Waals surface area contributed by atoms with E-state index in [1.54, 1.807) is 6.08 Å². The summed E-state index contributed by atoms with van der Waals surface area (Å²) >= 11 is 0. The average Bonchev–Trinajstić information content (AvgIpc) is 2.43. The van der Waals surface area contributed by atoms with E-state index in [2.05, 4.69) is 26.0 Å². The molecule has 0 radical (unpaired) electrons. The van der Waals surface area contributed by atoms with Gasteiger partial charge in [-0.15, -0.1) is 0 Å². The topological polar surface area (TPSA) is 17.1 Å². The van der Waals surface area contributed by atoms with E-state index in [0.717, 1.165) is 12.0 Å². The van der Waals surface area contributed by atoms with Crippen molar-refractivity contribution in [2.24, 2.45) is 11.3 Å². The summed E-state index contributed by atoms with van der Waals surface area (Å²) in [6.07, 6.45) is 10.5. The molecule has 0 N–H and O–H groups in total. The SMILES string of the molecule is C/C=C1/C(=O)C=C(C)C12C=CC(C)CC2. The van der Waals surface area contributed by atoms with Crippen LogP contribution in [0.15, 0.2) is 35.5 Å². The fourth-order valence-electron chi connectivity index (χ4n) is 2.75. The van der Waals surface area contributed by atoms with Crippen molar-refractivity contribution < 1.29 is 4.79 Å².